The highest BCUT2D eigenvalue weighted by Gasteiger charge is 2.31. The molecule has 3 aromatic rings. The third kappa shape index (κ3) is 6.50. The van der Waals surface area contributed by atoms with Crippen LogP contribution in [0.1, 0.15) is 50.9 Å². The summed E-state index contributed by atoms with van der Waals surface area (Å²) in [6.07, 6.45) is -0.0429. The number of rotatable bonds is 4. The third-order valence-electron chi connectivity index (χ3n) is 5.62. The molecule has 4 rings (SSSR count). The maximum atomic E-state index is 13.2. The summed E-state index contributed by atoms with van der Waals surface area (Å²) in [4.78, 5) is 27.7. The predicted octanol–water partition coefficient (Wildman–Crippen LogP) is 6.42. The van der Waals surface area contributed by atoms with E-state index in [-0.39, 0.29) is 17.7 Å². The van der Waals surface area contributed by atoms with Crippen LogP contribution < -0.4 is 5.32 Å². The number of hydrogen-bond acceptors (Lipinski definition) is 6. The molecular formula is C26H28F3N5O2. The quantitative estimate of drug-likeness (QED) is 0.447. The number of nitrogens with one attached hydrogen (secondary N) is 1. The van der Waals surface area contributed by atoms with Gasteiger partial charge in [0.1, 0.15) is 17.2 Å². The van der Waals surface area contributed by atoms with Crippen molar-refractivity contribution in [3.8, 4) is 11.3 Å². The van der Waals surface area contributed by atoms with Crippen molar-refractivity contribution >= 4 is 17.6 Å². The molecule has 0 radical (unpaired) electrons. The lowest BCUT2D eigenvalue weighted by Crippen LogP contribution is -2.42. The Labute approximate surface area is 207 Å². The zero-order valence-corrected chi connectivity index (χ0v) is 20.3. The molecule has 1 aromatic carbocycles. The number of alkyl halides is 3. The van der Waals surface area contributed by atoms with Gasteiger partial charge in [-0.3, -0.25) is 4.98 Å². The highest BCUT2D eigenvalue weighted by atomic mass is 19.4. The topological polar surface area (TPSA) is 80.2 Å². The van der Waals surface area contributed by atoms with Crippen LogP contribution in [0.2, 0.25) is 0 Å². The summed E-state index contributed by atoms with van der Waals surface area (Å²) in [5, 5.41) is 3.00. The van der Waals surface area contributed by atoms with E-state index in [4.69, 9.17) is 9.72 Å². The average molecular weight is 500 g/mol. The van der Waals surface area contributed by atoms with Gasteiger partial charge in [0.2, 0.25) is 0 Å². The van der Waals surface area contributed by atoms with Crippen molar-refractivity contribution in [3.63, 3.8) is 0 Å². The fourth-order valence-corrected chi connectivity index (χ4v) is 3.98. The van der Waals surface area contributed by atoms with Gasteiger partial charge in [-0.25, -0.2) is 14.8 Å². The first kappa shape index (κ1) is 25.4. The highest BCUT2D eigenvalue weighted by Crippen LogP contribution is 2.33. The number of anilines is 2. The molecule has 1 saturated heterocycles. The van der Waals surface area contributed by atoms with Gasteiger partial charge in [0, 0.05) is 48.7 Å². The van der Waals surface area contributed by atoms with Crippen LogP contribution in [0.25, 0.3) is 11.3 Å². The van der Waals surface area contributed by atoms with E-state index in [0.717, 1.165) is 30.5 Å². The number of halogens is 3. The number of carbonyl (C=O) groups is 1. The van der Waals surface area contributed by atoms with Crippen molar-refractivity contribution in [1.82, 2.24) is 19.9 Å². The van der Waals surface area contributed by atoms with Crippen molar-refractivity contribution in [2.24, 2.45) is 0 Å². The number of likely N-dealkylation sites (tertiary alicyclic amines) is 1. The molecule has 10 heteroatoms. The molecule has 36 heavy (non-hydrogen) atoms. The summed E-state index contributed by atoms with van der Waals surface area (Å²) < 4.78 is 45.1. The molecule has 0 aliphatic carbocycles. The summed E-state index contributed by atoms with van der Waals surface area (Å²) in [5.74, 6) is 0.711. The Kier molecular flexibility index (Phi) is 7.14. The molecule has 2 aromatic heterocycles. The highest BCUT2D eigenvalue weighted by molar-refractivity contribution is 5.68. The summed E-state index contributed by atoms with van der Waals surface area (Å²) in [5.41, 5.74) is 0.293. The van der Waals surface area contributed by atoms with Crippen LogP contribution in [0, 0.1) is 0 Å². The Balaban J connectivity index is 1.65. The molecule has 7 nitrogen and oxygen atoms in total. The first-order valence-corrected chi connectivity index (χ1v) is 11.7. The standard InChI is InChI=1S/C26H28F3N5O2/c1-25(2,3)36-24(35)34-13-5-6-18(16-34)23-32-21(17-9-11-30-12-10-17)15-22(33-23)31-20-8-4-7-19(14-20)26(27,28)29/h4,7-12,14-15,18H,5-6,13,16H2,1-3H3,(H,31,32,33). The molecular weight excluding hydrogens is 471 g/mol. The van der Waals surface area contributed by atoms with Crippen molar-refractivity contribution in [1.29, 1.82) is 0 Å². The van der Waals surface area contributed by atoms with Crippen LogP contribution in [0.3, 0.4) is 0 Å². The lowest BCUT2D eigenvalue weighted by Gasteiger charge is -2.33. The Bertz CT molecular complexity index is 1210. The molecule has 0 saturated carbocycles. The summed E-state index contributed by atoms with van der Waals surface area (Å²) >= 11 is 0. The number of hydrogen-bond donors (Lipinski definition) is 1. The van der Waals surface area contributed by atoms with E-state index in [1.54, 1.807) is 41.6 Å². The average Bonchev–Trinajstić information content (AvgIpc) is 2.83. The fourth-order valence-electron chi connectivity index (χ4n) is 3.98. The molecule has 1 atom stereocenters. The number of aromatic nitrogens is 3. The molecule has 1 unspecified atom stereocenters. The Morgan fingerprint density at radius 1 is 1.08 bits per heavy atom. The minimum Gasteiger partial charge on any atom is -0.444 e. The van der Waals surface area contributed by atoms with Crippen LogP contribution in [0.15, 0.2) is 54.9 Å². The van der Waals surface area contributed by atoms with Gasteiger partial charge in [-0.1, -0.05) is 6.07 Å². The second kappa shape index (κ2) is 10.1. The van der Waals surface area contributed by atoms with Crippen LogP contribution in [-0.4, -0.2) is 44.6 Å². The smallest absolute Gasteiger partial charge is 0.416 e. The second-order valence-electron chi connectivity index (χ2n) is 9.70. The lowest BCUT2D eigenvalue weighted by molar-refractivity contribution is -0.137. The predicted molar refractivity (Wildman–Crippen MR) is 130 cm³/mol. The zero-order chi connectivity index (χ0) is 25.9. The largest absolute Gasteiger partial charge is 0.444 e. The van der Waals surface area contributed by atoms with Crippen molar-refractivity contribution in [2.75, 3.05) is 18.4 Å². The zero-order valence-electron chi connectivity index (χ0n) is 20.3. The molecule has 1 aliphatic heterocycles. The SMILES string of the molecule is CC(C)(C)OC(=O)N1CCCC(c2nc(Nc3cccc(C(F)(F)F)c3)cc(-c3ccncc3)n2)C1. The Hall–Kier alpha value is -3.69. The van der Waals surface area contributed by atoms with Gasteiger partial charge in [0.05, 0.1) is 11.3 Å². The molecule has 3 heterocycles. The third-order valence-corrected chi connectivity index (χ3v) is 5.62. The fraction of sp³-hybridized carbons (Fsp3) is 0.385. The van der Waals surface area contributed by atoms with E-state index in [9.17, 15) is 18.0 Å². The van der Waals surface area contributed by atoms with Crippen molar-refractivity contribution < 1.29 is 22.7 Å². The van der Waals surface area contributed by atoms with Gasteiger partial charge < -0.3 is 15.0 Å². The maximum Gasteiger partial charge on any atom is 0.416 e. The normalized spacial score (nSPS) is 16.5. The van der Waals surface area contributed by atoms with Crippen LogP contribution >= 0.6 is 0 Å². The Morgan fingerprint density at radius 2 is 1.83 bits per heavy atom. The van der Waals surface area contributed by atoms with Gasteiger partial charge in [-0.05, 0) is 63.9 Å². The van der Waals surface area contributed by atoms with Gasteiger partial charge >= 0.3 is 12.3 Å². The van der Waals surface area contributed by atoms with E-state index in [2.05, 4.69) is 15.3 Å². The molecule has 1 aliphatic rings. The first-order chi connectivity index (χ1) is 17.0. The van der Waals surface area contributed by atoms with E-state index < -0.39 is 17.3 Å². The number of ether oxygens (including phenoxy) is 1. The van der Waals surface area contributed by atoms with Gasteiger partial charge in [0.25, 0.3) is 0 Å². The van der Waals surface area contributed by atoms with E-state index in [0.29, 0.717) is 30.4 Å². The Morgan fingerprint density at radius 3 is 2.53 bits per heavy atom. The molecule has 1 amide bonds. The number of piperidine rings is 1. The van der Waals surface area contributed by atoms with Gasteiger partial charge in [0.15, 0.2) is 0 Å². The minimum atomic E-state index is -4.45. The van der Waals surface area contributed by atoms with Gasteiger partial charge in [-0.15, -0.1) is 0 Å². The van der Waals surface area contributed by atoms with Crippen molar-refractivity contribution in [3.05, 3.63) is 66.2 Å². The second-order valence-corrected chi connectivity index (χ2v) is 9.70. The molecule has 190 valence electrons. The minimum absolute atomic E-state index is 0.157. The van der Waals surface area contributed by atoms with Crippen molar-refractivity contribution in [2.45, 2.75) is 51.3 Å². The monoisotopic (exact) mass is 499 g/mol. The molecule has 1 N–H and O–H groups in total. The summed E-state index contributed by atoms with van der Waals surface area (Å²) in [7, 11) is 0. The van der Waals surface area contributed by atoms with Crippen LogP contribution in [0.5, 0.6) is 0 Å². The number of amides is 1. The molecule has 0 bridgehead atoms. The number of pyridine rings is 1. The number of benzene rings is 1. The summed E-state index contributed by atoms with van der Waals surface area (Å²) in [6.45, 7) is 6.42. The van der Waals surface area contributed by atoms with E-state index in [1.165, 1.54) is 6.07 Å². The van der Waals surface area contributed by atoms with E-state index >= 15 is 0 Å². The maximum absolute atomic E-state index is 13.2. The van der Waals surface area contributed by atoms with Gasteiger partial charge in [-0.2, -0.15) is 13.2 Å². The van der Waals surface area contributed by atoms with E-state index in [1.807, 2.05) is 20.8 Å². The van der Waals surface area contributed by atoms with Crippen LogP contribution in [-0.2, 0) is 10.9 Å². The summed E-state index contributed by atoms with van der Waals surface area (Å²) in [6, 6.07) is 10.2. The lowest BCUT2D eigenvalue weighted by atomic mass is 9.97. The number of carbonyl (C=O) groups excluding carboxylic acids is 1. The molecule has 0 spiro atoms. The number of nitrogens with zero attached hydrogens (tertiary/aromatic N) is 4. The molecule has 1 fully saturated rings. The first-order valence-electron chi connectivity index (χ1n) is 11.7. The van der Waals surface area contributed by atoms with Crippen LogP contribution in [0.4, 0.5) is 29.5 Å².